The molecule has 0 radical (unpaired) electrons. The van der Waals surface area contributed by atoms with Crippen LogP contribution in [-0.2, 0) is 5.41 Å². The predicted molar refractivity (Wildman–Crippen MR) is 66.0 cm³/mol. The summed E-state index contributed by atoms with van der Waals surface area (Å²) in [5.74, 6) is 0. The van der Waals surface area contributed by atoms with Crippen LogP contribution in [0.2, 0.25) is 0 Å². The molecule has 0 aliphatic carbocycles. The van der Waals surface area contributed by atoms with E-state index in [4.69, 9.17) is 5.73 Å². The molecule has 15 heavy (non-hydrogen) atoms. The minimum Gasteiger partial charge on any atom is -0.329 e. The summed E-state index contributed by atoms with van der Waals surface area (Å²) in [6, 6.07) is 10.6. The fourth-order valence-electron chi connectivity index (χ4n) is 1.95. The van der Waals surface area contributed by atoms with Gasteiger partial charge in [-0.05, 0) is 12.6 Å². The quantitative estimate of drug-likeness (QED) is 0.796. The van der Waals surface area contributed by atoms with Crippen LogP contribution >= 0.6 is 0 Å². The molecule has 0 saturated carbocycles. The topological polar surface area (TPSA) is 29.3 Å². The first kappa shape index (κ1) is 12.2. The standard InChI is InChI=1S/C13H22N2/c1-13(2,11-15(3)10-9-14)12-7-5-4-6-8-12/h4-8H,9-11,14H2,1-3H3. The summed E-state index contributed by atoms with van der Waals surface area (Å²) in [6.07, 6.45) is 0. The van der Waals surface area contributed by atoms with Crippen molar-refractivity contribution in [2.75, 3.05) is 26.7 Å². The fourth-order valence-corrected chi connectivity index (χ4v) is 1.95. The van der Waals surface area contributed by atoms with Crippen molar-refractivity contribution in [3.8, 4) is 0 Å². The zero-order valence-corrected chi connectivity index (χ0v) is 10.0. The Bertz CT molecular complexity index is 280. The van der Waals surface area contributed by atoms with Gasteiger partial charge in [0, 0.05) is 25.0 Å². The second-order valence-electron chi connectivity index (χ2n) is 4.78. The van der Waals surface area contributed by atoms with Crippen LogP contribution in [0.1, 0.15) is 19.4 Å². The third-order valence-electron chi connectivity index (χ3n) is 2.73. The minimum absolute atomic E-state index is 0.186. The van der Waals surface area contributed by atoms with E-state index in [0.29, 0.717) is 0 Å². The monoisotopic (exact) mass is 206 g/mol. The maximum atomic E-state index is 5.55. The van der Waals surface area contributed by atoms with Crippen LogP contribution in [0.25, 0.3) is 0 Å². The Balaban J connectivity index is 2.67. The summed E-state index contributed by atoms with van der Waals surface area (Å²) < 4.78 is 0. The van der Waals surface area contributed by atoms with E-state index in [1.54, 1.807) is 0 Å². The molecule has 2 heteroatoms. The van der Waals surface area contributed by atoms with E-state index in [1.807, 2.05) is 0 Å². The SMILES string of the molecule is CN(CCN)CC(C)(C)c1ccccc1. The van der Waals surface area contributed by atoms with Crippen molar-refractivity contribution in [2.24, 2.45) is 5.73 Å². The number of likely N-dealkylation sites (N-methyl/N-ethyl adjacent to an activating group) is 1. The van der Waals surface area contributed by atoms with Gasteiger partial charge in [0.1, 0.15) is 0 Å². The highest BCUT2D eigenvalue weighted by atomic mass is 15.1. The number of nitrogens with zero attached hydrogens (tertiary/aromatic N) is 1. The molecule has 0 aromatic heterocycles. The zero-order chi connectivity index (χ0) is 11.3. The maximum Gasteiger partial charge on any atom is 0.0102 e. The molecule has 0 fully saturated rings. The molecule has 84 valence electrons. The number of hydrogen-bond donors (Lipinski definition) is 1. The molecule has 1 rings (SSSR count). The third kappa shape index (κ3) is 3.65. The Hall–Kier alpha value is -0.860. The van der Waals surface area contributed by atoms with Gasteiger partial charge < -0.3 is 10.6 Å². The van der Waals surface area contributed by atoms with Gasteiger partial charge in [-0.3, -0.25) is 0 Å². The van der Waals surface area contributed by atoms with Crippen LogP contribution in [0.15, 0.2) is 30.3 Å². The number of benzene rings is 1. The lowest BCUT2D eigenvalue weighted by molar-refractivity contribution is 0.274. The van der Waals surface area contributed by atoms with Gasteiger partial charge in [-0.1, -0.05) is 44.2 Å². The molecular weight excluding hydrogens is 184 g/mol. The van der Waals surface area contributed by atoms with E-state index in [1.165, 1.54) is 5.56 Å². The van der Waals surface area contributed by atoms with Crippen molar-refractivity contribution < 1.29 is 0 Å². The van der Waals surface area contributed by atoms with Crippen molar-refractivity contribution in [3.05, 3.63) is 35.9 Å². The lowest BCUT2D eigenvalue weighted by Crippen LogP contribution is -2.37. The molecule has 1 aromatic rings. The molecule has 0 saturated heterocycles. The summed E-state index contributed by atoms with van der Waals surface area (Å²) in [7, 11) is 2.12. The first-order valence-corrected chi connectivity index (χ1v) is 5.50. The van der Waals surface area contributed by atoms with Gasteiger partial charge in [0.2, 0.25) is 0 Å². The molecule has 2 nitrogen and oxygen atoms in total. The number of nitrogens with two attached hydrogens (primary N) is 1. The van der Waals surface area contributed by atoms with E-state index >= 15 is 0 Å². The molecular formula is C13H22N2. The Morgan fingerprint density at radius 1 is 1.20 bits per heavy atom. The fraction of sp³-hybridized carbons (Fsp3) is 0.538. The van der Waals surface area contributed by atoms with Crippen molar-refractivity contribution >= 4 is 0 Å². The maximum absolute atomic E-state index is 5.55. The molecule has 0 atom stereocenters. The van der Waals surface area contributed by atoms with E-state index in [0.717, 1.165) is 19.6 Å². The van der Waals surface area contributed by atoms with Crippen molar-refractivity contribution in [2.45, 2.75) is 19.3 Å². The van der Waals surface area contributed by atoms with Crippen molar-refractivity contribution in [3.63, 3.8) is 0 Å². The molecule has 0 heterocycles. The Morgan fingerprint density at radius 2 is 1.80 bits per heavy atom. The summed E-state index contributed by atoms with van der Waals surface area (Å²) >= 11 is 0. The third-order valence-corrected chi connectivity index (χ3v) is 2.73. The number of rotatable bonds is 5. The van der Waals surface area contributed by atoms with Gasteiger partial charge in [-0.15, -0.1) is 0 Å². The highest BCUT2D eigenvalue weighted by Gasteiger charge is 2.21. The Kier molecular flexibility index (Phi) is 4.30. The second-order valence-corrected chi connectivity index (χ2v) is 4.78. The van der Waals surface area contributed by atoms with Crippen LogP contribution in [-0.4, -0.2) is 31.6 Å². The van der Waals surface area contributed by atoms with E-state index in [-0.39, 0.29) is 5.41 Å². The van der Waals surface area contributed by atoms with Crippen LogP contribution in [0, 0.1) is 0 Å². The first-order chi connectivity index (χ1) is 7.06. The smallest absolute Gasteiger partial charge is 0.0102 e. The molecule has 0 aliphatic heterocycles. The molecule has 0 unspecified atom stereocenters. The highest BCUT2D eigenvalue weighted by Crippen LogP contribution is 2.23. The summed E-state index contributed by atoms with van der Waals surface area (Å²) in [6.45, 7) is 7.26. The van der Waals surface area contributed by atoms with Crippen molar-refractivity contribution in [1.29, 1.82) is 0 Å². The lowest BCUT2D eigenvalue weighted by atomic mass is 9.84. The highest BCUT2D eigenvalue weighted by molar-refractivity contribution is 5.23. The van der Waals surface area contributed by atoms with E-state index < -0.39 is 0 Å². The average Bonchev–Trinajstić information content (AvgIpc) is 2.18. The molecule has 1 aromatic carbocycles. The zero-order valence-electron chi connectivity index (χ0n) is 10.0. The van der Waals surface area contributed by atoms with Crippen LogP contribution in [0.3, 0.4) is 0 Å². The Labute approximate surface area is 93.1 Å². The van der Waals surface area contributed by atoms with Gasteiger partial charge in [0.05, 0.1) is 0 Å². The van der Waals surface area contributed by atoms with E-state index in [2.05, 4.69) is 56.1 Å². The van der Waals surface area contributed by atoms with Crippen LogP contribution in [0.5, 0.6) is 0 Å². The number of hydrogen-bond acceptors (Lipinski definition) is 2. The summed E-state index contributed by atoms with van der Waals surface area (Å²) in [5.41, 5.74) is 7.11. The molecule has 0 spiro atoms. The van der Waals surface area contributed by atoms with Gasteiger partial charge in [0.25, 0.3) is 0 Å². The second kappa shape index (κ2) is 5.29. The Morgan fingerprint density at radius 3 is 2.33 bits per heavy atom. The van der Waals surface area contributed by atoms with Gasteiger partial charge in [-0.2, -0.15) is 0 Å². The normalized spacial score (nSPS) is 12.1. The predicted octanol–water partition coefficient (Wildman–Crippen LogP) is 1.85. The minimum atomic E-state index is 0.186. The largest absolute Gasteiger partial charge is 0.329 e. The van der Waals surface area contributed by atoms with Gasteiger partial charge in [-0.25, -0.2) is 0 Å². The molecule has 2 N–H and O–H groups in total. The molecule has 0 bridgehead atoms. The summed E-state index contributed by atoms with van der Waals surface area (Å²) in [5, 5.41) is 0. The molecule has 0 amide bonds. The first-order valence-electron chi connectivity index (χ1n) is 5.50. The average molecular weight is 206 g/mol. The van der Waals surface area contributed by atoms with Crippen LogP contribution < -0.4 is 5.73 Å². The van der Waals surface area contributed by atoms with Gasteiger partial charge in [0.15, 0.2) is 0 Å². The molecule has 0 aliphatic rings. The van der Waals surface area contributed by atoms with Crippen LogP contribution in [0.4, 0.5) is 0 Å². The van der Waals surface area contributed by atoms with Crippen molar-refractivity contribution in [1.82, 2.24) is 4.90 Å². The summed E-state index contributed by atoms with van der Waals surface area (Å²) in [4.78, 5) is 2.28. The van der Waals surface area contributed by atoms with E-state index in [9.17, 15) is 0 Å². The lowest BCUT2D eigenvalue weighted by Gasteiger charge is -2.30. The van der Waals surface area contributed by atoms with Gasteiger partial charge >= 0.3 is 0 Å².